The van der Waals surface area contributed by atoms with Gasteiger partial charge in [0.15, 0.2) is 5.65 Å². The van der Waals surface area contributed by atoms with E-state index in [-0.39, 0.29) is 5.91 Å². The zero-order valence-corrected chi connectivity index (χ0v) is 14.0. The fourth-order valence-corrected chi connectivity index (χ4v) is 2.34. The van der Waals surface area contributed by atoms with Gasteiger partial charge in [-0.15, -0.1) is 0 Å². The highest BCUT2D eigenvalue weighted by molar-refractivity contribution is 6.07. The van der Waals surface area contributed by atoms with E-state index in [9.17, 15) is 4.79 Å². The normalized spacial score (nSPS) is 12.5. The molecule has 0 aliphatic rings. The average Bonchev–Trinajstić information content (AvgIpc) is 3.25. The lowest BCUT2D eigenvalue weighted by Crippen LogP contribution is -2.15. The van der Waals surface area contributed by atoms with E-state index in [2.05, 4.69) is 20.5 Å². The Hall–Kier alpha value is -3.48. The number of hydrogen-bond acceptors (Lipinski definition) is 4. The molecular formula is C18H18N6O. The molecule has 0 aliphatic heterocycles. The van der Waals surface area contributed by atoms with Crippen LogP contribution in [0.4, 0.5) is 5.82 Å². The molecular weight excluding hydrogens is 316 g/mol. The molecule has 7 nitrogen and oxygen atoms in total. The molecule has 3 aromatic rings. The summed E-state index contributed by atoms with van der Waals surface area (Å²) in [6.45, 7) is 3.86. The average molecular weight is 334 g/mol. The molecule has 0 saturated heterocycles. The number of amides is 1. The summed E-state index contributed by atoms with van der Waals surface area (Å²) in [6.07, 6.45) is 16.1. The smallest absolute Gasteiger partial charge is 0.262 e. The minimum absolute atomic E-state index is 0.290. The largest absolute Gasteiger partial charge is 0.306 e. The van der Waals surface area contributed by atoms with E-state index in [1.807, 2.05) is 44.2 Å². The van der Waals surface area contributed by atoms with E-state index >= 15 is 0 Å². The Labute approximate surface area is 145 Å². The molecule has 0 fully saturated rings. The molecule has 126 valence electrons. The van der Waals surface area contributed by atoms with Gasteiger partial charge in [-0.25, -0.2) is 14.2 Å². The molecule has 0 atom stereocenters. The monoisotopic (exact) mass is 334 g/mol. The number of carbonyl (C=O) groups excluding carboxylic acids is 1. The Morgan fingerprint density at radius 1 is 1.20 bits per heavy atom. The van der Waals surface area contributed by atoms with E-state index in [0.29, 0.717) is 17.0 Å². The SMILES string of the molecule is C\C=C/C=C(\C=C\C)n1nccc1NC(=O)c1cnn2cccnc12. The third-order valence-electron chi connectivity index (χ3n) is 3.45. The van der Waals surface area contributed by atoms with Crippen LogP contribution in [-0.2, 0) is 0 Å². The first-order valence-electron chi connectivity index (χ1n) is 7.84. The van der Waals surface area contributed by atoms with Gasteiger partial charge in [0, 0.05) is 18.5 Å². The molecule has 0 spiro atoms. The van der Waals surface area contributed by atoms with Gasteiger partial charge in [-0.3, -0.25) is 4.79 Å². The Morgan fingerprint density at radius 2 is 2.08 bits per heavy atom. The van der Waals surface area contributed by atoms with Crippen LogP contribution in [0.1, 0.15) is 24.2 Å². The summed E-state index contributed by atoms with van der Waals surface area (Å²) in [6, 6.07) is 3.50. The maximum absolute atomic E-state index is 12.6. The summed E-state index contributed by atoms with van der Waals surface area (Å²) in [5.74, 6) is 0.274. The number of rotatable bonds is 5. The highest BCUT2D eigenvalue weighted by atomic mass is 16.1. The summed E-state index contributed by atoms with van der Waals surface area (Å²) in [5.41, 5.74) is 1.74. The van der Waals surface area contributed by atoms with Crippen molar-refractivity contribution < 1.29 is 4.79 Å². The molecule has 0 aliphatic carbocycles. The lowest BCUT2D eigenvalue weighted by molar-refractivity contribution is 0.102. The second-order valence-electron chi connectivity index (χ2n) is 5.15. The molecule has 0 aromatic carbocycles. The maximum Gasteiger partial charge on any atom is 0.262 e. The first-order chi connectivity index (χ1) is 12.2. The van der Waals surface area contributed by atoms with Crippen molar-refractivity contribution in [3.05, 3.63) is 72.9 Å². The lowest BCUT2D eigenvalue weighted by atomic mass is 10.3. The third-order valence-corrected chi connectivity index (χ3v) is 3.45. The van der Waals surface area contributed by atoms with E-state index in [4.69, 9.17) is 0 Å². The summed E-state index contributed by atoms with van der Waals surface area (Å²) < 4.78 is 3.22. The van der Waals surface area contributed by atoms with Gasteiger partial charge < -0.3 is 5.32 Å². The van der Waals surface area contributed by atoms with Gasteiger partial charge in [0.2, 0.25) is 0 Å². The number of nitrogens with zero attached hydrogens (tertiary/aromatic N) is 5. The van der Waals surface area contributed by atoms with Crippen molar-refractivity contribution in [1.82, 2.24) is 24.4 Å². The van der Waals surface area contributed by atoms with Crippen LogP contribution in [0, 0.1) is 0 Å². The van der Waals surface area contributed by atoms with Gasteiger partial charge in [0.1, 0.15) is 11.4 Å². The Bertz CT molecular complexity index is 976. The van der Waals surface area contributed by atoms with Gasteiger partial charge in [-0.1, -0.05) is 18.2 Å². The number of allylic oxidation sites excluding steroid dienone is 6. The van der Waals surface area contributed by atoms with Crippen LogP contribution < -0.4 is 5.32 Å². The maximum atomic E-state index is 12.6. The van der Waals surface area contributed by atoms with Crippen molar-refractivity contribution in [3.63, 3.8) is 0 Å². The molecule has 3 aromatic heterocycles. The van der Waals surface area contributed by atoms with Crippen LogP contribution in [0.15, 0.2) is 67.3 Å². The zero-order chi connectivity index (χ0) is 17.6. The molecule has 0 bridgehead atoms. The molecule has 0 unspecified atom stereocenters. The predicted molar refractivity (Wildman–Crippen MR) is 97.1 cm³/mol. The Balaban J connectivity index is 1.91. The molecule has 1 N–H and O–H groups in total. The number of anilines is 1. The first-order valence-corrected chi connectivity index (χ1v) is 7.84. The van der Waals surface area contributed by atoms with Crippen molar-refractivity contribution in [1.29, 1.82) is 0 Å². The predicted octanol–water partition coefficient (Wildman–Crippen LogP) is 3.17. The fraction of sp³-hybridized carbons (Fsp3) is 0.111. The molecule has 3 heterocycles. The highest BCUT2D eigenvalue weighted by Crippen LogP contribution is 2.17. The van der Waals surface area contributed by atoms with Gasteiger partial charge >= 0.3 is 0 Å². The topological polar surface area (TPSA) is 77.1 Å². The van der Waals surface area contributed by atoms with Crippen molar-refractivity contribution in [2.24, 2.45) is 0 Å². The number of carbonyl (C=O) groups is 1. The highest BCUT2D eigenvalue weighted by Gasteiger charge is 2.16. The van der Waals surface area contributed by atoms with Crippen LogP contribution in [0.2, 0.25) is 0 Å². The van der Waals surface area contributed by atoms with E-state index in [0.717, 1.165) is 5.70 Å². The van der Waals surface area contributed by atoms with Crippen LogP contribution in [-0.4, -0.2) is 30.3 Å². The lowest BCUT2D eigenvalue weighted by Gasteiger charge is -2.09. The zero-order valence-electron chi connectivity index (χ0n) is 14.0. The number of nitrogens with one attached hydrogen (secondary N) is 1. The minimum Gasteiger partial charge on any atom is -0.306 e. The van der Waals surface area contributed by atoms with Gasteiger partial charge in [0.25, 0.3) is 5.91 Å². The van der Waals surface area contributed by atoms with Crippen LogP contribution in [0.25, 0.3) is 11.3 Å². The van der Waals surface area contributed by atoms with Crippen LogP contribution in [0.5, 0.6) is 0 Å². The van der Waals surface area contributed by atoms with Crippen molar-refractivity contribution >= 4 is 23.1 Å². The number of fused-ring (bicyclic) bond motifs is 1. The Kier molecular flexibility index (Phi) is 4.84. The molecule has 25 heavy (non-hydrogen) atoms. The summed E-state index contributed by atoms with van der Waals surface area (Å²) >= 11 is 0. The molecule has 3 rings (SSSR count). The van der Waals surface area contributed by atoms with E-state index < -0.39 is 0 Å². The fourth-order valence-electron chi connectivity index (χ4n) is 2.34. The molecule has 7 heteroatoms. The van der Waals surface area contributed by atoms with Gasteiger partial charge in [-0.2, -0.15) is 10.2 Å². The second-order valence-corrected chi connectivity index (χ2v) is 5.15. The first kappa shape index (κ1) is 16.4. The summed E-state index contributed by atoms with van der Waals surface area (Å²) in [5, 5.41) is 11.3. The van der Waals surface area contributed by atoms with Gasteiger partial charge in [0.05, 0.1) is 18.1 Å². The van der Waals surface area contributed by atoms with Crippen LogP contribution in [0.3, 0.4) is 0 Å². The standard InChI is InChI=1S/C18H18N6O/c1-3-5-8-14(7-4-2)24-16(9-11-20-24)22-18(25)15-13-21-23-12-6-10-19-17(15)23/h3-13H,1-2H3,(H,22,25)/b5-3-,7-4+,14-8+. The molecule has 0 radical (unpaired) electrons. The van der Waals surface area contributed by atoms with Crippen molar-refractivity contribution in [2.75, 3.05) is 5.32 Å². The number of hydrogen-bond donors (Lipinski definition) is 1. The van der Waals surface area contributed by atoms with Crippen molar-refractivity contribution in [2.45, 2.75) is 13.8 Å². The Morgan fingerprint density at radius 3 is 2.88 bits per heavy atom. The van der Waals surface area contributed by atoms with Crippen LogP contribution >= 0.6 is 0 Å². The summed E-state index contributed by atoms with van der Waals surface area (Å²) in [4.78, 5) is 16.8. The molecule has 1 amide bonds. The van der Waals surface area contributed by atoms with Gasteiger partial charge in [-0.05, 0) is 32.1 Å². The third kappa shape index (κ3) is 3.40. The second kappa shape index (κ2) is 7.39. The molecule has 0 saturated carbocycles. The van der Waals surface area contributed by atoms with Crippen molar-refractivity contribution in [3.8, 4) is 0 Å². The number of aromatic nitrogens is 5. The quantitative estimate of drug-likeness (QED) is 0.727. The van der Waals surface area contributed by atoms with E-state index in [1.54, 1.807) is 39.9 Å². The van der Waals surface area contributed by atoms with E-state index in [1.165, 1.54) is 6.20 Å². The summed E-state index contributed by atoms with van der Waals surface area (Å²) in [7, 11) is 0. The minimum atomic E-state index is -0.290.